The van der Waals surface area contributed by atoms with Crippen LogP contribution in [0.5, 0.6) is 5.75 Å². The minimum atomic E-state index is -0.396. The Bertz CT molecular complexity index is 507. The third kappa shape index (κ3) is 3.44. The molecule has 1 unspecified atom stereocenters. The largest absolute Gasteiger partial charge is 0.487 e. The van der Waals surface area contributed by atoms with Gasteiger partial charge in [0.2, 0.25) is 0 Å². The average molecular weight is 293 g/mol. The summed E-state index contributed by atoms with van der Waals surface area (Å²) in [5.41, 5.74) is 1.03. The highest BCUT2D eigenvalue weighted by Gasteiger charge is 2.26. The van der Waals surface area contributed by atoms with E-state index in [9.17, 15) is 10.1 Å². The van der Waals surface area contributed by atoms with E-state index >= 15 is 0 Å². The van der Waals surface area contributed by atoms with Gasteiger partial charge in [-0.1, -0.05) is 6.92 Å². The number of benzene rings is 1. The van der Waals surface area contributed by atoms with Gasteiger partial charge in [0.1, 0.15) is 0 Å². The molecule has 1 saturated heterocycles. The molecule has 6 heteroatoms. The number of nitro benzene ring substituents is 1. The Morgan fingerprint density at radius 3 is 2.86 bits per heavy atom. The number of ether oxygens (including phenoxy) is 1. The van der Waals surface area contributed by atoms with Crippen molar-refractivity contribution in [2.45, 2.75) is 26.3 Å². The van der Waals surface area contributed by atoms with E-state index in [1.165, 1.54) is 6.07 Å². The van der Waals surface area contributed by atoms with Crippen molar-refractivity contribution >= 4 is 11.4 Å². The highest BCUT2D eigenvalue weighted by Crippen LogP contribution is 2.33. The molecule has 2 rings (SSSR count). The summed E-state index contributed by atoms with van der Waals surface area (Å²) in [6, 6.07) is 5.68. The third-order valence-corrected chi connectivity index (χ3v) is 4.09. The molecule has 0 aromatic heterocycles. The molecule has 0 amide bonds. The molecule has 1 fully saturated rings. The van der Waals surface area contributed by atoms with Crippen LogP contribution in [-0.2, 0) is 0 Å². The lowest BCUT2D eigenvalue weighted by Gasteiger charge is -2.24. The predicted octanol–water partition coefficient (Wildman–Crippen LogP) is 2.52. The number of nitrogens with zero attached hydrogens (tertiary/aromatic N) is 3. The van der Waals surface area contributed by atoms with Crippen LogP contribution >= 0.6 is 0 Å². The first-order chi connectivity index (χ1) is 10.1. The van der Waals surface area contributed by atoms with Gasteiger partial charge in [0.15, 0.2) is 5.75 Å². The number of nitro groups is 1. The van der Waals surface area contributed by atoms with Gasteiger partial charge in [-0.15, -0.1) is 0 Å². The smallest absolute Gasteiger partial charge is 0.311 e. The van der Waals surface area contributed by atoms with Gasteiger partial charge in [0, 0.05) is 37.0 Å². The first-order valence-electron chi connectivity index (χ1n) is 7.43. The summed E-state index contributed by atoms with van der Waals surface area (Å²) in [6.45, 7) is 7.36. The Kier molecular flexibility index (Phi) is 5.01. The predicted molar refractivity (Wildman–Crippen MR) is 83.2 cm³/mol. The lowest BCUT2D eigenvalue weighted by atomic mass is 10.2. The lowest BCUT2D eigenvalue weighted by Crippen LogP contribution is -2.34. The molecule has 21 heavy (non-hydrogen) atoms. The minimum absolute atomic E-state index is 0.0297. The Balaban J connectivity index is 2.17. The first-order valence-corrected chi connectivity index (χ1v) is 7.43. The average Bonchev–Trinajstić information content (AvgIpc) is 2.96. The molecule has 1 heterocycles. The maximum atomic E-state index is 11.0. The van der Waals surface area contributed by atoms with E-state index in [2.05, 4.69) is 23.8 Å². The molecule has 1 aromatic carbocycles. The molecule has 0 N–H and O–H groups in total. The quantitative estimate of drug-likeness (QED) is 0.596. The van der Waals surface area contributed by atoms with Crippen LogP contribution in [0.1, 0.15) is 20.3 Å². The Hall–Kier alpha value is -1.82. The van der Waals surface area contributed by atoms with Gasteiger partial charge in [-0.25, -0.2) is 0 Å². The summed E-state index contributed by atoms with van der Waals surface area (Å²) in [7, 11) is 2.13. The van der Waals surface area contributed by atoms with E-state index in [4.69, 9.17) is 4.74 Å². The Labute approximate surface area is 125 Å². The van der Waals surface area contributed by atoms with Gasteiger partial charge < -0.3 is 14.5 Å². The third-order valence-electron chi connectivity index (χ3n) is 4.09. The van der Waals surface area contributed by atoms with Crippen LogP contribution in [0.3, 0.4) is 0 Å². The van der Waals surface area contributed by atoms with Gasteiger partial charge in [0.25, 0.3) is 0 Å². The van der Waals surface area contributed by atoms with E-state index in [1.807, 2.05) is 13.0 Å². The number of hydrogen-bond acceptors (Lipinski definition) is 5. The standard InChI is InChI=1S/C15H23N3O3/c1-4-16(3)13-8-9-17(11-13)12-6-7-14(18(19)20)15(10-12)21-5-2/h6-7,10,13H,4-5,8-9,11H2,1-3H3. The van der Waals surface area contributed by atoms with Gasteiger partial charge in [-0.05, 0) is 33.0 Å². The van der Waals surface area contributed by atoms with Crippen LogP contribution in [0, 0.1) is 10.1 Å². The van der Waals surface area contributed by atoms with Crippen LogP contribution < -0.4 is 9.64 Å². The fraction of sp³-hybridized carbons (Fsp3) is 0.600. The number of hydrogen-bond donors (Lipinski definition) is 0. The van der Waals surface area contributed by atoms with Gasteiger partial charge in [-0.3, -0.25) is 10.1 Å². The maximum Gasteiger partial charge on any atom is 0.311 e. The zero-order valence-electron chi connectivity index (χ0n) is 12.9. The second-order valence-corrected chi connectivity index (χ2v) is 5.30. The van der Waals surface area contributed by atoms with Crippen molar-refractivity contribution in [1.82, 2.24) is 4.90 Å². The van der Waals surface area contributed by atoms with Crippen molar-refractivity contribution < 1.29 is 9.66 Å². The van der Waals surface area contributed by atoms with Crippen molar-refractivity contribution in [3.8, 4) is 5.75 Å². The van der Waals surface area contributed by atoms with Crippen molar-refractivity contribution in [2.24, 2.45) is 0 Å². The van der Waals surface area contributed by atoms with Crippen molar-refractivity contribution in [3.05, 3.63) is 28.3 Å². The minimum Gasteiger partial charge on any atom is -0.487 e. The van der Waals surface area contributed by atoms with E-state index in [0.29, 0.717) is 18.4 Å². The number of anilines is 1. The topological polar surface area (TPSA) is 58.8 Å². The summed E-state index contributed by atoms with van der Waals surface area (Å²) < 4.78 is 5.42. The van der Waals surface area contributed by atoms with Crippen LogP contribution in [0.25, 0.3) is 0 Å². The van der Waals surface area contributed by atoms with Gasteiger partial charge in [-0.2, -0.15) is 0 Å². The zero-order valence-corrected chi connectivity index (χ0v) is 12.9. The summed E-state index contributed by atoms with van der Waals surface area (Å²) in [6.07, 6.45) is 1.12. The molecular formula is C15H23N3O3. The molecule has 1 atom stereocenters. The normalized spacial score (nSPS) is 18.3. The Morgan fingerprint density at radius 2 is 2.24 bits per heavy atom. The summed E-state index contributed by atoms with van der Waals surface area (Å²) in [4.78, 5) is 15.2. The van der Waals surface area contributed by atoms with E-state index in [0.717, 1.165) is 31.7 Å². The van der Waals surface area contributed by atoms with E-state index in [-0.39, 0.29) is 5.69 Å². The SMILES string of the molecule is CCOc1cc(N2CCC(N(C)CC)C2)ccc1[N+](=O)[O-]. The van der Waals surface area contributed by atoms with E-state index < -0.39 is 4.92 Å². The monoisotopic (exact) mass is 293 g/mol. The van der Waals surface area contributed by atoms with Gasteiger partial charge in [0.05, 0.1) is 11.5 Å². The molecule has 6 nitrogen and oxygen atoms in total. The number of likely N-dealkylation sites (N-methyl/N-ethyl adjacent to an activating group) is 1. The molecule has 0 bridgehead atoms. The lowest BCUT2D eigenvalue weighted by molar-refractivity contribution is -0.385. The van der Waals surface area contributed by atoms with E-state index in [1.54, 1.807) is 6.07 Å². The summed E-state index contributed by atoms with van der Waals surface area (Å²) >= 11 is 0. The Morgan fingerprint density at radius 1 is 1.48 bits per heavy atom. The van der Waals surface area contributed by atoms with Gasteiger partial charge >= 0.3 is 5.69 Å². The fourth-order valence-corrected chi connectivity index (χ4v) is 2.72. The molecule has 0 spiro atoms. The van der Waals surface area contributed by atoms with Crippen LogP contribution in [0.2, 0.25) is 0 Å². The maximum absolute atomic E-state index is 11.0. The molecular weight excluding hydrogens is 270 g/mol. The van der Waals surface area contributed by atoms with Crippen molar-refractivity contribution in [2.75, 3.05) is 38.2 Å². The van der Waals surface area contributed by atoms with Crippen LogP contribution in [0.4, 0.5) is 11.4 Å². The second-order valence-electron chi connectivity index (χ2n) is 5.30. The highest BCUT2D eigenvalue weighted by atomic mass is 16.6. The molecule has 0 aliphatic carbocycles. The number of rotatable bonds is 6. The fourth-order valence-electron chi connectivity index (χ4n) is 2.72. The molecule has 1 aliphatic heterocycles. The van der Waals surface area contributed by atoms with Crippen molar-refractivity contribution in [3.63, 3.8) is 0 Å². The van der Waals surface area contributed by atoms with Crippen LogP contribution in [0.15, 0.2) is 18.2 Å². The molecule has 1 aliphatic rings. The molecule has 1 aromatic rings. The molecule has 116 valence electrons. The summed E-state index contributed by atoms with van der Waals surface area (Å²) in [5.74, 6) is 0.354. The first kappa shape index (κ1) is 15.6. The highest BCUT2D eigenvalue weighted by molar-refractivity contribution is 5.59. The zero-order chi connectivity index (χ0) is 15.4. The second kappa shape index (κ2) is 6.76. The molecule has 0 saturated carbocycles. The van der Waals surface area contributed by atoms with Crippen molar-refractivity contribution in [1.29, 1.82) is 0 Å². The summed E-state index contributed by atoms with van der Waals surface area (Å²) in [5, 5.41) is 11.0. The van der Waals surface area contributed by atoms with Crippen LogP contribution in [-0.4, -0.2) is 49.2 Å². The molecule has 0 radical (unpaired) electrons.